The standard InChI is InChI=1S/C12H15NO2/c1-3-8-6-10(12(14)15)11(9-4-5-9)13-7(8)2/h6,9H,3-5H2,1-2H3,(H,14,15). The predicted molar refractivity (Wildman–Crippen MR) is 57.3 cm³/mol. The summed E-state index contributed by atoms with van der Waals surface area (Å²) in [5.41, 5.74) is 3.21. The topological polar surface area (TPSA) is 50.2 Å². The molecule has 3 heteroatoms. The number of hydrogen-bond acceptors (Lipinski definition) is 2. The van der Waals surface area contributed by atoms with E-state index in [1.807, 2.05) is 13.8 Å². The van der Waals surface area contributed by atoms with E-state index in [-0.39, 0.29) is 0 Å². The molecule has 0 aromatic carbocycles. The number of aryl methyl sites for hydroxylation is 2. The third-order valence-corrected chi connectivity index (χ3v) is 2.92. The summed E-state index contributed by atoms with van der Waals surface area (Å²) >= 11 is 0. The molecule has 0 radical (unpaired) electrons. The molecule has 0 saturated heterocycles. The molecule has 0 bridgehead atoms. The van der Waals surface area contributed by atoms with Crippen LogP contribution in [0, 0.1) is 6.92 Å². The third kappa shape index (κ3) is 1.87. The molecule has 2 rings (SSSR count). The highest BCUT2D eigenvalue weighted by Gasteiger charge is 2.30. The Bertz CT molecular complexity index is 408. The highest BCUT2D eigenvalue weighted by atomic mass is 16.4. The maximum atomic E-state index is 11.1. The highest BCUT2D eigenvalue weighted by molar-refractivity contribution is 5.89. The lowest BCUT2D eigenvalue weighted by atomic mass is 10.0. The van der Waals surface area contributed by atoms with Gasteiger partial charge in [0.15, 0.2) is 0 Å². The molecule has 1 aromatic rings. The van der Waals surface area contributed by atoms with Gasteiger partial charge in [-0.1, -0.05) is 6.92 Å². The van der Waals surface area contributed by atoms with Crippen molar-refractivity contribution in [1.82, 2.24) is 4.98 Å². The van der Waals surface area contributed by atoms with E-state index in [0.717, 1.165) is 36.2 Å². The Kier molecular flexibility index (Phi) is 2.47. The summed E-state index contributed by atoms with van der Waals surface area (Å²) in [4.78, 5) is 15.5. The van der Waals surface area contributed by atoms with E-state index in [4.69, 9.17) is 5.11 Å². The van der Waals surface area contributed by atoms with Crippen molar-refractivity contribution >= 4 is 5.97 Å². The Balaban J connectivity index is 2.52. The molecule has 1 aliphatic carbocycles. The van der Waals surface area contributed by atoms with E-state index in [2.05, 4.69) is 4.98 Å². The van der Waals surface area contributed by atoms with Gasteiger partial charge >= 0.3 is 5.97 Å². The largest absolute Gasteiger partial charge is 0.478 e. The summed E-state index contributed by atoms with van der Waals surface area (Å²) in [5, 5.41) is 9.11. The van der Waals surface area contributed by atoms with Crippen LogP contribution in [-0.4, -0.2) is 16.1 Å². The molecule has 1 saturated carbocycles. The van der Waals surface area contributed by atoms with Crippen molar-refractivity contribution in [2.75, 3.05) is 0 Å². The van der Waals surface area contributed by atoms with Crippen LogP contribution < -0.4 is 0 Å². The van der Waals surface area contributed by atoms with Gasteiger partial charge in [-0.15, -0.1) is 0 Å². The van der Waals surface area contributed by atoms with Crippen molar-refractivity contribution in [1.29, 1.82) is 0 Å². The minimum Gasteiger partial charge on any atom is -0.478 e. The van der Waals surface area contributed by atoms with E-state index in [1.54, 1.807) is 6.07 Å². The van der Waals surface area contributed by atoms with E-state index >= 15 is 0 Å². The summed E-state index contributed by atoms with van der Waals surface area (Å²) < 4.78 is 0. The summed E-state index contributed by atoms with van der Waals surface area (Å²) in [6.45, 7) is 3.97. The monoisotopic (exact) mass is 205 g/mol. The fourth-order valence-corrected chi connectivity index (χ4v) is 1.86. The first-order valence-electron chi connectivity index (χ1n) is 5.37. The zero-order valence-corrected chi connectivity index (χ0v) is 9.08. The van der Waals surface area contributed by atoms with Crippen LogP contribution in [0.15, 0.2) is 6.07 Å². The Morgan fingerprint density at radius 1 is 1.60 bits per heavy atom. The van der Waals surface area contributed by atoms with Gasteiger partial charge in [-0.05, 0) is 37.8 Å². The summed E-state index contributed by atoms with van der Waals surface area (Å²) in [6.07, 6.45) is 3.00. The lowest BCUT2D eigenvalue weighted by molar-refractivity contribution is 0.0695. The first-order chi connectivity index (χ1) is 7.13. The van der Waals surface area contributed by atoms with Gasteiger partial charge in [-0.25, -0.2) is 4.79 Å². The van der Waals surface area contributed by atoms with Gasteiger partial charge in [-0.3, -0.25) is 4.98 Å². The molecule has 0 aliphatic heterocycles. The third-order valence-electron chi connectivity index (χ3n) is 2.92. The minimum absolute atomic E-state index is 0.390. The van der Waals surface area contributed by atoms with Crippen LogP contribution >= 0.6 is 0 Å². The molecule has 0 unspecified atom stereocenters. The van der Waals surface area contributed by atoms with Crippen molar-refractivity contribution in [3.05, 3.63) is 28.6 Å². The second-order valence-corrected chi connectivity index (χ2v) is 4.10. The number of hydrogen-bond donors (Lipinski definition) is 1. The SMILES string of the molecule is CCc1cc(C(=O)O)c(C2CC2)nc1C. The molecule has 0 spiro atoms. The zero-order chi connectivity index (χ0) is 11.0. The quantitative estimate of drug-likeness (QED) is 0.824. The van der Waals surface area contributed by atoms with Gasteiger partial charge < -0.3 is 5.11 Å². The molecule has 1 N–H and O–H groups in total. The number of pyridine rings is 1. The first kappa shape index (κ1) is 10.1. The number of carbonyl (C=O) groups is 1. The number of rotatable bonds is 3. The Hall–Kier alpha value is -1.38. The van der Waals surface area contributed by atoms with Crippen molar-refractivity contribution in [2.24, 2.45) is 0 Å². The average Bonchev–Trinajstić information content (AvgIpc) is 3.00. The Labute approximate surface area is 89.2 Å². The second-order valence-electron chi connectivity index (χ2n) is 4.10. The molecular weight excluding hydrogens is 190 g/mol. The van der Waals surface area contributed by atoms with Gasteiger partial charge in [0.05, 0.1) is 11.3 Å². The molecule has 1 aromatic heterocycles. The van der Waals surface area contributed by atoms with Crippen LogP contribution in [0.2, 0.25) is 0 Å². The summed E-state index contributed by atoms with van der Waals surface area (Å²) in [5.74, 6) is -0.459. The van der Waals surface area contributed by atoms with Crippen LogP contribution in [-0.2, 0) is 6.42 Å². The van der Waals surface area contributed by atoms with E-state index in [1.165, 1.54) is 0 Å². The number of carboxylic acid groups (broad SMARTS) is 1. The number of aromatic nitrogens is 1. The number of aromatic carboxylic acids is 1. The van der Waals surface area contributed by atoms with Crippen LogP contribution in [0.25, 0.3) is 0 Å². The smallest absolute Gasteiger partial charge is 0.337 e. The second kappa shape index (κ2) is 3.65. The molecule has 0 amide bonds. The molecule has 1 fully saturated rings. The van der Waals surface area contributed by atoms with Crippen molar-refractivity contribution < 1.29 is 9.90 Å². The maximum Gasteiger partial charge on any atom is 0.337 e. The van der Waals surface area contributed by atoms with Crippen molar-refractivity contribution in [3.8, 4) is 0 Å². The van der Waals surface area contributed by atoms with Gasteiger partial charge in [0.25, 0.3) is 0 Å². The summed E-state index contributed by atoms with van der Waals surface area (Å²) in [6, 6.07) is 1.79. The first-order valence-corrected chi connectivity index (χ1v) is 5.37. The molecule has 3 nitrogen and oxygen atoms in total. The maximum absolute atomic E-state index is 11.1. The molecule has 15 heavy (non-hydrogen) atoms. The van der Waals surface area contributed by atoms with Crippen LogP contribution in [0.4, 0.5) is 0 Å². The van der Waals surface area contributed by atoms with Crippen LogP contribution in [0.3, 0.4) is 0 Å². The number of carboxylic acids is 1. The van der Waals surface area contributed by atoms with Gasteiger partial charge in [0.2, 0.25) is 0 Å². The fraction of sp³-hybridized carbons (Fsp3) is 0.500. The number of nitrogens with zero attached hydrogens (tertiary/aromatic N) is 1. The lowest BCUT2D eigenvalue weighted by Crippen LogP contribution is -2.07. The zero-order valence-electron chi connectivity index (χ0n) is 9.08. The van der Waals surface area contributed by atoms with E-state index in [9.17, 15) is 4.79 Å². The van der Waals surface area contributed by atoms with Crippen LogP contribution in [0.5, 0.6) is 0 Å². The normalized spacial score (nSPS) is 15.3. The van der Waals surface area contributed by atoms with Crippen molar-refractivity contribution in [3.63, 3.8) is 0 Å². The van der Waals surface area contributed by atoms with E-state index in [0.29, 0.717) is 11.5 Å². The van der Waals surface area contributed by atoms with Gasteiger partial charge in [0.1, 0.15) is 0 Å². The molecular formula is C12H15NO2. The van der Waals surface area contributed by atoms with Gasteiger partial charge in [0, 0.05) is 11.6 Å². The Morgan fingerprint density at radius 3 is 2.73 bits per heavy atom. The lowest BCUT2D eigenvalue weighted by Gasteiger charge is -2.09. The molecule has 0 atom stereocenters. The molecule has 1 aliphatic rings. The highest BCUT2D eigenvalue weighted by Crippen LogP contribution is 2.41. The molecule has 1 heterocycles. The predicted octanol–water partition coefficient (Wildman–Crippen LogP) is 2.53. The van der Waals surface area contributed by atoms with Crippen LogP contribution in [0.1, 0.15) is 53.0 Å². The fourth-order valence-electron chi connectivity index (χ4n) is 1.86. The average molecular weight is 205 g/mol. The van der Waals surface area contributed by atoms with E-state index < -0.39 is 5.97 Å². The molecule has 80 valence electrons. The summed E-state index contributed by atoms with van der Waals surface area (Å²) in [7, 11) is 0. The van der Waals surface area contributed by atoms with Crippen molar-refractivity contribution in [2.45, 2.75) is 39.0 Å². The minimum atomic E-state index is -0.848. The van der Waals surface area contributed by atoms with Gasteiger partial charge in [-0.2, -0.15) is 0 Å². The Morgan fingerprint density at radius 2 is 2.27 bits per heavy atom.